The zero-order valence-corrected chi connectivity index (χ0v) is 54.6. The molecule has 0 aromatic rings. The Hall–Kier alpha value is -1.85. The number of allylic oxidation sites excluding steroid dienone is 2. The highest BCUT2D eigenvalue weighted by molar-refractivity contribution is 5.71. The molecule has 0 saturated heterocycles. The predicted molar refractivity (Wildman–Crippen MR) is 349 cm³/mol. The van der Waals surface area contributed by atoms with Crippen LogP contribution in [-0.4, -0.2) is 37.2 Å². The fourth-order valence-corrected chi connectivity index (χ4v) is 11.5. The van der Waals surface area contributed by atoms with E-state index in [0.717, 1.165) is 70.6 Å². The Labute approximate surface area is 501 Å². The first kappa shape index (κ1) is 78.1. The van der Waals surface area contributed by atoms with Gasteiger partial charge in [0, 0.05) is 19.3 Å². The van der Waals surface area contributed by atoms with Crippen molar-refractivity contribution in [2.75, 3.05) is 13.2 Å². The van der Waals surface area contributed by atoms with Crippen molar-refractivity contribution in [3.63, 3.8) is 0 Å². The molecule has 1 atom stereocenters. The van der Waals surface area contributed by atoms with Gasteiger partial charge in [0.25, 0.3) is 0 Å². The van der Waals surface area contributed by atoms with Crippen LogP contribution >= 0.6 is 0 Å². The molecule has 0 heterocycles. The lowest BCUT2D eigenvalue weighted by Gasteiger charge is -2.18. The molecule has 0 aliphatic heterocycles. The van der Waals surface area contributed by atoms with Crippen molar-refractivity contribution in [1.29, 1.82) is 0 Å². The number of hydrogen-bond donors (Lipinski definition) is 0. The molecule has 0 saturated carbocycles. The molecule has 0 aliphatic rings. The van der Waals surface area contributed by atoms with Crippen molar-refractivity contribution in [3.05, 3.63) is 12.2 Å². The van der Waals surface area contributed by atoms with E-state index in [-0.39, 0.29) is 31.1 Å². The smallest absolute Gasteiger partial charge is 0.306 e. The Morgan fingerprint density at radius 1 is 0.237 bits per heavy atom. The van der Waals surface area contributed by atoms with Gasteiger partial charge >= 0.3 is 17.9 Å². The lowest BCUT2D eigenvalue weighted by molar-refractivity contribution is -0.167. The molecule has 0 aromatic carbocycles. The van der Waals surface area contributed by atoms with E-state index in [4.69, 9.17) is 14.2 Å². The van der Waals surface area contributed by atoms with Gasteiger partial charge in [-0.3, -0.25) is 14.4 Å². The number of carbonyl (C=O) groups is 3. The fourth-order valence-electron chi connectivity index (χ4n) is 11.5. The first-order chi connectivity index (χ1) is 39.5. The number of unbranched alkanes of at least 4 members (excludes halogenated alkanes) is 56. The molecule has 0 bridgehead atoms. The zero-order chi connectivity index (χ0) is 57.8. The highest BCUT2D eigenvalue weighted by Crippen LogP contribution is 2.20. The van der Waals surface area contributed by atoms with Gasteiger partial charge in [-0.2, -0.15) is 0 Å². The third-order valence-corrected chi connectivity index (χ3v) is 17.0. The summed E-state index contributed by atoms with van der Waals surface area (Å²) in [5, 5.41) is 0. The van der Waals surface area contributed by atoms with Crippen LogP contribution in [0.3, 0.4) is 0 Å². The topological polar surface area (TPSA) is 78.9 Å². The standard InChI is InChI=1S/C74H142O6/c1-4-7-10-13-16-19-22-24-26-28-30-31-32-33-34-35-36-37-38-39-40-41-42-43-44-45-47-48-50-52-55-58-61-64-67-73(76)79-70-71(69-78-72(75)66-63-60-57-54-21-18-15-12-9-6-3)80-74(77)68-65-62-59-56-53-51-49-46-29-27-25-23-20-17-14-11-8-5-2/h12,15,71H,4-11,13-14,16-70H2,1-3H3/b15-12-. The second kappa shape index (κ2) is 69.6. The van der Waals surface area contributed by atoms with Gasteiger partial charge in [0.1, 0.15) is 13.2 Å². The second-order valence-electron chi connectivity index (χ2n) is 25.2. The van der Waals surface area contributed by atoms with Crippen LogP contribution in [0.1, 0.15) is 425 Å². The van der Waals surface area contributed by atoms with Gasteiger partial charge < -0.3 is 14.2 Å². The molecule has 6 heteroatoms. The van der Waals surface area contributed by atoms with Crippen molar-refractivity contribution in [2.45, 2.75) is 431 Å². The summed E-state index contributed by atoms with van der Waals surface area (Å²) in [6.45, 7) is 6.66. The maximum Gasteiger partial charge on any atom is 0.306 e. The van der Waals surface area contributed by atoms with Gasteiger partial charge in [-0.1, -0.05) is 380 Å². The molecule has 0 aliphatic carbocycles. The maximum atomic E-state index is 12.9. The summed E-state index contributed by atoms with van der Waals surface area (Å²) in [6.07, 6.45) is 84.3. The van der Waals surface area contributed by atoms with Gasteiger partial charge in [0.2, 0.25) is 0 Å². The van der Waals surface area contributed by atoms with Crippen LogP contribution < -0.4 is 0 Å². The maximum absolute atomic E-state index is 12.9. The van der Waals surface area contributed by atoms with Gasteiger partial charge in [0.05, 0.1) is 0 Å². The van der Waals surface area contributed by atoms with Gasteiger partial charge in [-0.05, 0) is 38.5 Å². The summed E-state index contributed by atoms with van der Waals surface area (Å²) in [5.41, 5.74) is 0. The number of carbonyl (C=O) groups excluding carboxylic acids is 3. The van der Waals surface area contributed by atoms with Gasteiger partial charge in [-0.25, -0.2) is 0 Å². The summed E-state index contributed by atoms with van der Waals surface area (Å²) in [4.78, 5) is 38.3. The Bertz CT molecular complexity index is 1250. The first-order valence-electron chi connectivity index (χ1n) is 36.7. The van der Waals surface area contributed by atoms with E-state index in [1.54, 1.807) is 0 Å². The summed E-state index contributed by atoms with van der Waals surface area (Å²) in [6, 6.07) is 0. The normalized spacial score (nSPS) is 12.0. The highest BCUT2D eigenvalue weighted by Gasteiger charge is 2.20. The molecule has 0 rings (SSSR count). The fraction of sp³-hybridized carbons (Fsp3) is 0.932. The Balaban J connectivity index is 3.99. The van der Waals surface area contributed by atoms with Crippen LogP contribution in [0.5, 0.6) is 0 Å². The van der Waals surface area contributed by atoms with Crippen molar-refractivity contribution in [1.82, 2.24) is 0 Å². The van der Waals surface area contributed by atoms with Crippen molar-refractivity contribution < 1.29 is 28.6 Å². The molecular formula is C74H142O6. The molecule has 0 radical (unpaired) electrons. The molecule has 0 spiro atoms. The van der Waals surface area contributed by atoms with Crippen molar-refractivity contribution >= 4 is 17.9 Å². The molecule has 0 fully saturated rings. The molecule has 80 heavy (non-hydrogen) atoms. The predicted octanol–water partition coefficient (Wildman–Crippen LogP) is 25.2. The second-order valence-corrected chi connectivity index (χ2v) is 25.2. The molecule has 0 aromatic heterocycles. The van der Waals surface area contributed by atoms with E-state index in [2.05, 4.69) is 32.9 Å². The van der Waals surface area contributed by atoms with Crippen molar-refractivity contribution in [3.8, 4) is 0 Å². The highest BCUT2D eigenvalue weighted by atomic mass is 16.6. The summed E-state index contributed by atoms with van der Waals surface area (Å²) < 4.78 is 16.9. The Morgan fingerprint density at radius 2 is 0.438 bits per heavy atom. The molecular weight excluding hydrogens is 985 g/mol. The monoisotopic (exact) mass is 1130 g/mol. The van der Waals surface area contributed by atoms with Crippen LogP contribution in [0.2, 0.25) is 0 Å². The van der Waals surface area contributed by atoms with E-state index in [1.807, 2.05) is 0 Å². The average molecular weight is 1130 g/mol. The molecule has 474 valence electrons. The summed E-state index contributed by atoms with van der Waals surface area (Å²) in [7, 11) is 0. The van der Waals surface area contributed by atoms with Crippen LogP contribution in [-0.2, 0) is 28.6 Å². The van der Waals surface area contributed by atoms with E-state index in [9.17, 15) is 14.4 Å². The minimum Gasteiger partial charge on any atom is -0.462 e. The SMILES string of the molecule is CCC/C=C\CCCCCCCC(=O)OCC(COC(=O)CCCCCCCCCCCCCCCCCCCCCCCCCCCCCCCCCCCC)OC(=O)CCCCCCCCCCCCCCCCCCCC. The Morgan fingerprint density at radius 3 is 0.675 bits per heavy atom. The summed E-state index contributed by atoms with van der Waals surface area (Å²) in [5.74, 6) is -0.845. The first-order valence-corrected chi connectivity index (χ1v) is 36.7. The third-order valence-electron chi connectivity index (χ3n) is 17.0. The summed E-state index contributed by atoms with van der Waals surface area (Å²) >= 11 is 0. The van der Waals surface area contributed by atoms with E-state index in [0.29, 0.717) is 19.3 Å². The quantitative estimate of drug-likeness (QED) is 0.0261. The average Bonchev–Trinajstić information content (AvgIpc) is 3.46. The minimum atomic E-state index is -0.769. The van der Waals surface area contributed by atoms with E-state index in [1.165, 1.54) is 315 Å². The van der Waals surface area contributed by atoms with Crippen LogP contribution in [0, 0.1) is 0 Å². The van der Waals surface area contributed by atoms with Crippen molar-refractivity contribution in [2.24, 2.45) is 0 Å². The number of hydrogen-bond acceptors (Lipinski definition) is 6. The van der Waals surface area contributed by atoms with E-state index < -0.39 is 6.10 Å². The number of esters is 3. The number of ether oxygens (including phenoxy) is 3. The van der Waals surface area contributed by atoms with Gasteiger partial charge in [0.15, 0.2) is 6.10 Å². The lowest BCUT2D eigenvalue weighted by atomic mass is 10.0. The minimum absolute atomic E-state index is 0.0661. The molecule has 0 N–H and O–H groups in total. The number of rotatable bonds is 69. The molecule has 0 amide bonds. The van der Waals surface area contributed by atoms with Crippen LogP contribution in [0.25, 0.3) is 0 Å². The van der Waals surface area contributed by atoms with E-state index >= 15 is 0 Å². The third kappa shape index (κ3) is 66.9. The molecule has 1 unspecified atom stereocenters. The molecule has 6 nitrogen and oxygen atoms in total. The van der Waals surface area contributed by atoms with Crippen LogP contribution in [0.4, 0.5) is 0 Å². The largest absolute Gasteiger partial charge is 0.462 e. The zero-order valence-electron chi connectivity index (χ0n) is 54.6. The van der Waals surface area contributed by atoms with Gasteiger partial charge in [-0.15, -0.1) is 0 Å². The van der Waals surface area contributed by atoms with Crippen LogP contribution in [0.15, 0.2) is 12.2 Å². The lowest BCUT2D eigenvalue weighted by Crippen LogP contribution is -2.30. The Kier molecular flexibility index (Phi) is 68.0.